The lowest BCUT2D eigenvalue weighted by Gasteiger charge is -2.39. The van der Waals surface area contributed by atoms with Gasteiger partial charge in [-0.15, -0.1) is 0 Å². The van der Waals surface area contributed by atoms with Gasteiger partial charge in [-0.2, -0.15) is 0 Å². The van der Waals surface area contributed by atoms with Gasteiger partial charge in [-0.25, -0.2) is 0 Å². The number of rotatable bonds is 6. The summed E-state index contributed by atoms with van der Waals surface area (Å²) in [5, 5.41) is 2.99. The standard InChI is InChI=1S/C15H29N3O2/c1-4-13(19)17-12-8-7-9-18(10-12)14(20)15(5-2,6-3)11-16/h12H,4-11,16H2,1-3H3,(H,17,19). The fourth-order valence-corrected chi connectivity index (χ4v) is 2.87. The quantitative estimate of drug-likeness (QED) is 0.771. The Balaban J connectivity index is 2.70. The predicted octanol–water partition coefficient (Wildman–Crippen LogP) is 1.27. The molecule has 2 amide bonds. The molecule has 1 fully saturated rings. The molecule has 5 nitrogen and oxygen atoms in total. The van der Waals surface area contributed by atoms with Crippen molar-refractivity contribution in [2.45, 2.75) is 58.9 Å². The van der Waals surface area contributed by atoms with Crippen LogP contribution in [0.1, 0.15) is 52.9 Å². The van der Waals surface area contributed by atoms with Gasteiger partial charge in [0, 0.05) is 32.1 Å². The van der Waals surface area contributed by atoms with Gasteiger partial charge in [0.25, 0.3) is 0 Å². The zero-order chi connectivity index (χ0) is 15.2. The van der Waals surface area contributed by atoms with E-state index in [9.17, 15) is 9.59 Å². The van der Waals surface area contributed by atoms with Gasteiger partial charge in [0.2, 0.25) is 11.8 Å². The van der Waals surface area contributed by atoms with Crippen LogP contribution in [0, 0.1) is 5.41 Å². The fraction of sp³-hybridized carbons (Fsp3) is 0.867. The van der Waals surface area contributed by atoms with Crippen molar-refractivity contribution in [2.75, 3.05) is 19.6 Å². The van der Waals surface area contributed by atoms with E-state index < -0.39 is 5.41 Å². The lowest BCUT2D eigenvalue weighted by molar-refractivity contribution is -0.144. The summed E-state index contributed by atoms with van der Waals surface area (Å²) in [4.78, 5) is 26.1. The number of nitrogens with one attached hydrogen (secondary N) is 1. The lowest BCUT2D eigenvalue weighted by Crippen LogP contribution is -2.54. The summed E-state index contributed by atoms with van der Waals surface area (Å²) >= 11 is 0. The second kappa shape index (κ2) is 7.62. The van der Waals surface area contributed by atoms with E-state index in [0.717, 1.165) is 32.2 Å². The van der Waals surface area contributed by atoms with Crippen LogP contribution in [-0.4, -0.2) is 42.4 Å². The van der Waals surface area contributed by atoms with Gasteiger partial charge in [-0.1, -0.05) is 20.8 Å². The number of hydrogen-bond donors (Lipinski definition) is 2. The molecule has 1 unspecified atom stereocenters. The molecule has 0 aliphatic carbocycles. The van der Waals surface area contributed by atoms with Crippen LogP contribution in [0.4, 0.5) is 0 Å². The first kappa shape index (κ1) is 17.0. The molecule has 0 bridgehead atoms. The molecule has 1 saturated heterocycles. The smallest absolute Gasteiger partial charge is 0.230 e. The summed E-state index contributed by atoms with van der Waals surface area (Å²) in [7, 11) is 0. The Morgan fingerprint density at radius 1 is 1.30 bits per heavy atom. The molecule has 0 aromatic carbocycles. The van der Waals surface area contributed by atoms with Gasteiger partial charge >= 0.3 is 0 Å². The molecule has 116 valence electrons. The van der Waals surface area contributed by atoms with E-state index in [1.165, 1.54) is 0 Å². The minimum atomic E-state index is -0.434. The second-order valence-electron chi connectivity index (χ2n) is 5.70. The summed E-state index contributed by atoms with van der Waals surface area (Å²) in [6.07, 6.45) is 3.90. The zero-order valence-corrected chi connectivity index (χ0v) is 13.1. The molecule has 1 aliphatic heterocycles. The van der Waals surface area contributed by atoms with E-state index in [0.29, 0.717) is 19.5 Å². The molecule has 0 saturated carbocycles. The van der Waals surface area contributed by atoms with Crippen molar-refractivity contribution in [3.05, 3.63) is 0 Å². The number of piperidine rings is 1. The number of carbonyl (C=O) groups excluding carboxylic acids is 2. The highest BCUT2D eigenvalue weighted by Crippen LogP contribution is 2.29. The first-order chi connectivity index (χ1) is 9.52. The van der Waals surface area contributed by atoms with Crippen LogP contribution in [0.3, 0.4) is 0 Å². The predicted molar refractivity (Wildman–Crippen MR) is 80.1 cm³/mol. The van der Waals surface area contributed by atoms with Gasteiger partial charge in [0.05, 0.1) is 5.41 Å². The van der Waals surface area contributed by atoms with Crippen molar-refractivity contribution in [3.63, 3.8) is 0 Å². The maximum Gasteiger partial charge on any atom is 0.230 e. The third-order valence-electron chi connectivity index (χ3n) is 4.59. The van der Waals surface area contributed by atoms with E-state index in [1.54, 1.807) is 0 Å². The molecule has 5 heteroatoms. The van der Waals surface area contributed by atoms with Crippen LogP contribution >= 0.6 is 0 Å². The van der Waals surface area contributed by atoms with E-state index in [2.05, 4.69) is 5.32 Å². The van der Waals surface area contributed by atoms with Crippen LogP contribution < -0.4 is 11.1 Å². The molecule has 0 spiro atoms. The van der Waals surface area contributed by atoms with E-state index in [1.807, 2.05) is 25.7 Å². The lowest BCUT2D eigenvalue weighted by atomic mass is 9.80. The maximum absolute atomic E-state index is 12.7. The summed E-state index contributed by atoms with van der Waals surface area (Å²) in [5.74, 6) is 0.209. The number of nitrogens with zero attached hydrogens (tertiary/aromatic N) is 1. The Bertz CT molecular complexity index is 332. The average Bonchev–Trinajstić information content (AvgIpc) is 2.49. The third-order valence-corrected chi connectivity index (χ3v) is 4.59. The minimum absolute atomic E-state index is 0.0559. The molecule has 1 rings (SSSR count). The summed E-state index contributed by atoms with van der Waals surface area (Å²) in [6, 6.07) is 0.0873. The Hall–Kier alpha value is -1.10. The van der Waals surface area contributed by atoms with Crippen molar-refractivity contribution >= 4 is 11.8 Å². The van der Waals surface area contributed by atoms with Crippen LogP contribution in [0.2, 0.25) is 0 Å². The Morgan fingerprint density at radius 2 is 1.95 bits per heavy atom. The number of likely N-dealkylation sites (tertiary alicyclic amines) is 1. The molecule has 0 aromatic heterocycles. The molecular formula is C15H29N3O2. The highest BCUT2D eigenvalue weighted by molar-refractivity contribution is 5.83. The van der Waals surface area contributed by atoms with Crippen molar-refractivity contribution in [2.24, 2.45) is 11.1 Å². The molecule has 1 aliphatic rings. The van der Waals surface area contributed by atoms with Crippen LogP contribution in [0.25, 0.3) is 0 Å². The number of hydrogen-bond acceptors (Lipinski definition) is 3. The molecule has 20 heavy (non-hydrogen) atoms. The normalized spacial score (nSPS) is 19.8. The van der Waals surface area contributed by atoms with Crippen molar-refractivity contribution in [1.82, 2.24) is 10.2 Å². The van der Waals surface area contributed by atoms with Crippen molar-refractivity contribution in [1.29, 1.82) is 0 Å². The molecule has 3 N–H and O–H groups in total. The van der Waals surface area contributed by atoms with Gasteiger partial charge in [0.1, 0.15) is 0 Å². The number of amides is 2. The maximum atomic E-state index is 12.7. The monoisotopic (exact) mass is 283 g/mol. The van der Waals surface area contributed by atoms with E-state index in [4.69, 9.17) is 5.73 Å². The van der Waals surface area contributed by atoms with Crippen molar-refractivity contribution < 1.29 is 9.59 Å². The SMILES string of the molecule is CCC(=O)NC1CCCN(C(=O)C(CC)(CC)CN)C1. The van der Waals surface area contributed by atoms with Gasteiger partial charge < -0.3 is 16.0 Å². The van der Waals surface area contributed by atoms with Crippen molar-refractivity contribution in [3.8, 4) is 0 Å². The highest BCUT2D eigenvalue weighted by atomic mass is 16.2. The molecule has 1 atom stereocenters. The van der Waals surface area contributed by atoms with E-state index in [-0.39, 0.29) is 17.9 Å². The van der Waals surface area contributed by atoms with Crippen LogP contribution in [0.15, 0.2) is 0 Å². The average molecular weight is 283 g/mol. The number of carbonyl (C=O) groups is 2. The summed E-state index contributed by atoms with van der Waals surface area (Å²) in [5.41, 5.74) is 5.42. The second-order valence-corrected chi connectivity index (χ2v) is 5.70. The van der Waals surface area contributed by atoms with Crippen LogP contribution in [0.5, 0.6) is 0 Å². The highest BCUT2D eigenvalue weighted by Gasteiger charge is 2.38. The summed E-state index contributed by atoms with van der Waals surface area (Å²) in [6.45, 7) is 7.67. The number of nitrogens with two attached hydrogens (primary N) is 1. The largest absolute Gasteiger partial charge is 0.352 e. The van der Waals surface area contributed by atoms with Gasteiger partial charge in [-0.05, 0) is 25.7 Å². The minimum Gasteiger partial charge on any atom is -0.352 e. The molecular weight excluding hydrogens is 254 g/mol. The van der Waals surface area contributed by atoms with Gasteiger partial charge in [-0.3, -0.25) is 9.59 Å². The molecule has 0 radical (unpaired) electrons. The summed E-state index contributed by atoms with van der Waals surface area (Å²) < 4.78 is 0. The first-order valence-electron chi connectivity index (χ1n) is 7.81. The molecule has 1 heterocycles. The zero-order valence-electron chi connectivity index (χ0n) is 13.1. The first-order valence-corrected chi connectivity index (χ1v) is 7.81. The third kappa shape index (κ3) is 3.72. The van der Waals surface area contributed by atoms with Gasteiger partial charge in [0.15, 0.2) is 0 Å². The topological polar surface area (TPSA) is 75.4 Å². The Morgan fingerprint density at radius 3 is 2.45 bits per heavy atom. The fourth-order valence-electron chi connectivity index (χ4n) is 2.87. The Kier molecular flexibility index (Phi) is 6.46. The molecule has 0 aromatic rings. The van der Waals surface area contributed by atoms with Crippen LogP contribution in [-0.2, 0) is 9.59 Å². The van der Waals surface area contributed by atoms with E-state index >= 15 is 0 Å². The Labute approximate surface area is 122 Å².